The molecular formula is C5H12O6Sn. The first kappa shape index (κ1) is 29.7. The molecule has 0 aliphatic heterocycles. The molecular weight excluding hydrogens is 275 g/mol. The van der Waals surface area contributed by atoms with E-state index < -0.39 is 6.16 Å². The van der Waals surface area contributed by atoms with Gasteiger partial charge in [-0.05, 0) is 0 Å². The third kappa shape index (κ3) is 210. The second-order valence-corrected chi connectivity index (χ2v) is 0.454. The first-order chi connectivity index (χ1) is 5.27. The fourth-order valence-electron chi connectivity index (χ4n) is 0. The molecule has 0 heterocycles. The van der Waals surface area contributed by atoms with Crippen LogP contribution >= 0.6 is 0 Å². The van der Waals surface area contributed by atoms with Crippen molar-refractivity contribution in [2.75, 3.05) is 28.4 Å². The summed E-state index contributed by atoms with van der Waals surface area (Å²) < 4.78 is 3.56. The minimum atomic E-state index is -1.50. The molecule has 0 radical (unpaired) electrons. The zero-order valence-corrected chi connectivity index (χ0v) is 10.3. The van der Waals surface area contributed by atoms with Crippen LogP contribution in [0.4, 0.5) is 4.79 Å². The van der Waals surface area contributed by atoms with E-state index in [9.17, 15) is 0 Å². The Hall–Kier alpha value is -0.0513. The maximum Gasteiger partial charge on any atom is 4.00 e. The summed E-state index contributed by atoms with van der Waals surface area (Å²) in [4.78, 5) is 9.03. The van der Waals surface area contributed by atoms with Crippen LogP contribution in [-0.4, -0.2) is 58.5 Å². The first-order valence-electron chi connectivity index (χ1n) is 2.25. The SMILES string of the molecule is COC(=O)[O-].C[O-].C[O-].C[O-].[Sn+4]. The van der Waals surface area contributed by atoms with E-state index in [1.165, 1.54) is 0 Å². The van der Waals surface area contributed by atoms with Crippen molar-refractivity contribution in [2.45, 2.75) is 0 Å². The van der Waals surface area contributed by atoms with Crippen LogP contribution in [0.15, 0.2) is 0 Å². The van der Waals surface area contributed by atoms with Gasteiger partial charge in [0, 0.05) is 7.11 Å². The molecule has 0 spiro atoms. The fourth-order valence-corrected chi connectivity index (χ4v) is 0. The zero-order chi connectivity index (χ0) is 10.3. The largest absolute Gasteiger partial charge is 4.00 e. The van der Waals surface area contributed by atoms with Gasteiger partial charge in [0.25, 0.3) is 6.16 Å². The summed E-state index contributed by atoms with van der Waals surface area (Å²) in [7, 11) is 3.29. The molecule has 0 N–H and O–H groups in total. The third-order valence-electron chi connectivity index (χ3n) is 0.167. The number of methoxy groups -OCH3 is 1. The molecule has 0 bridgehead atoms. The Balaban J connectivity index is -0.0000000203. The number of carboxylic acid groups (broad SMARTS) is 1. The van der Waals surface area contributed by atoms with Crippen LogP contribution in [0.25, 0.3) is 0 Å². The van der Waals surface area contributed by atoms with Gasteiger partial charge in [-0.25, -0.2) is 0 Å². The van der Waals surface area contributed by atoms with Gasteiger partial charge in [0.1, 0.15) is 0 Å². The molecule has 0 aliphatic carbocycles. The Morgan fingerprint density at radius 1 is 1.00 bits per heavy atom. The van der Waals surface area contributed by atoms with E-state index >= 15 is 0 Å². The second-order valence-electron chi connectivity index (χ2n) is 0.454. The van der Waals surface area contributed by atoms with E-state index in [1.54, 1.807) is 0 Å². The average Bonchev–Trinajstić information content (AvgIpc) is 2.15. The van der Waals surface area contributed by atoms with Crippen molar-refractivity contribution in [1.82, 2.24) is 0 Å². The number of ether oxygens (including phenoxy) is 1. The standard InChI is InChI=1S/C2H4O3.3CH3O.Sn/c1-5-2(3)4;3*1-2;/h1H3,(H,3,4);3*1H3;/q;3*-1;+4/p-1. The number of hydrogen-bond donors (Lipinski definition) is 0. The van der Waals surface area contributed by atoms with Crippen molar-refractivity contribution < 1.29 is 30.0 Å². The van der Waals surface area contributed by atoms with Gasteiger partial charge in [-0.2, -0.15) is 21.3 Å². The summed E-state index contributed by atoms with van der Waals surface area (Å²) in [5, 5.41) is 33.8. The summed E-state index contributed by atoms with van der Waals surface area (Å²) in [6, 6.07) is 0. The molecule has 0 aliphatic rings. The molecule has 6 nitrogen and oxygen atoms in total. The van der Waals surface area contributed by atoms with Gasteiger partial charge >= 0.3 is 23.9 Å². The number of carbonyl (C=O) groups excluding carboxylic acids is 1. The van der Waals surface area contributed by atoms with Crippen molar-refractivity contribution in [3.8, 4) is 0 Å². The molecule has 0 amide bonds. The van der Waals surface area contributed by atoms with E-state index in [0.717, 1.165) is 28.4 Å². The van der Waals surface area contributed by atoms with Gasteiger partial charge in [0.05, 0.1) is 0 Å². The predicted octanol–water partition coefficient (Wildman–Crippen LogP) is -4.48. The Labute approximate surface area is 88.7 Å². The smallest absolute Gasteiger partial charge is 0.857 e. The van der Waals surface area contributed by atoms with Crippen LogP contribution in [0.3, 0.4) is 0 Å². The number of rotatable bonds is 0. The van der Waals surface area contributed by atoms with E-state index in [2.05, 4.69) is 4.74 Å². The number of carbonyl (C=O) groups is 1. The zero-order valence-electron chi connectivity index (χ0n) is 7.45. The molecule has 0 fully saturated rings. The van der Waals surface area contributed by atoms with E-state index in [4.69, 9.17) is 25.2 Å². The van der Waals surface area contributed by atoms with Gasteiger partial charge in [-0.3, -0.25) is 0 Å². The first-order valence-corrected chi connectivity index (χ1v) is 2.25. The van der Waals surface area contributed by atoms with E-state index in [-0.39, 0.29) is 23.9 Å². The van der Waals surface area contributed by atoms with Crippen molar-refractivity contribution >= 4 is 30.1 Å². The third-order valence-corrected chi connectivity index (χ3v) is 0.167. The molecule has 0 saturated heterocycles. The van der Waals surface area contributed by atoms with Crippen molar-refractivity contribution in [3.05, 3.63) is 0 Å². The summed E-state index contributed by atoms with van der Waals surface area (Å²) in [5.74, 6) is 0. The topological polar surface area (TPSA) is 119 Å². The molecule has 0 aromatic rings. The Bertz CT molecular complexity index is 51.2. The molecule has 0 saturated carbocycles. The Morgan fingerprint density at radius 2 is 1.08 bits per heavy atom. The maximum atomic E-state index is 9.03. The summed E-state index contributed by atoms with van der Waals surface area (Å²) in [5.41, 5.74) is 0. The fraction of sp³-hybridized carbons (Fsp3) is 0.800. The molecule has 0 aromatic heterocycles. The van der Waals surface area contributed by atoms with Crippen LogP contribution in [0.1, 0.15) is 0 Å². The normalized spacial score (nSPS) is 4.25. The van der Waals surface area contributed by atoms with Crippen LogP contribution in [0.5, 0.6) is 0 Å². The minimum Gasteiger partial charge on any atom is -0.857 e. The van der Waals surface area contributed by atoms with Gasteiger partial charge in [0.2, 0.25) is 0 Å². The Kier molecular flexibility index (Phi) is 172. The van der Waals surface area contributed by atoms with Crippen molar-refractivity contribution in [1.29, 1.82) is 0 Å². The monoisotopic (exact) mass is 288 g/mol. The van der Waals surface area contributed by atoms with Gasteiger partial charge in [0.15, 0.2) is 0 Å². The van der Waals surface area contributed by atoms with E-state index in [0.29, 0.717) is 0 Å². The molecule has 7 heteroatoms. The Morgan fingerprint density at radius 3 is 1.08 bits per heavy atom. The van der Waals surface area contributed by atoms with Gasteiger partial charge < -0.3 is 30.0 Å². The summed E-state index contributed by atoms with van der Waals surface area (Å²) in [6.45, 7) is 0. The molecule has 0 atom stereocenters. The van der Waals surface area contributed by atoms with Gasteiger partial charge in [-0.15, -0.1) is 0 Å². The predicted molar refractivity (Wildman–Crippen MR) is 35.9 cm³/mol. The molecule has 0 rings (SSSR count). The van der Waals surface area contributed by atoms with Crippen LogP contribution in [0, 0.1) is 0 Å². The molecule has 72 valence electrons. The second kappa shape index (κ2) is 69.5. The maximum absolute atomic E-state index is 9.03. The quantitative estimate of drug-likeness (QED) is 0.327. The minimum absolute atomic E-state index is 0. The van der Waals surface area contributed by atoms with Crippen LogP contribution in [-0.2, 0) is 4.74 Å². The molecule has 0 aromatic carbocycles. The van der Waals surface area contributed by atoms with Crippen LogP contribution < -0.4 is 20.4 Å². The molecule has 12 heavy (non-hydrogen) atoms. The molecule has 0 unspecified atom stereocenters. The summed E-state index contributed by atoms with van der Waals surface area (Å²) in [6.07, 6.45) is -1.50. The summed E-state index contributed by atoms with van der Waals surface area (Å²) >= 11 is 0. The van der Waals surface area contributed by atoms with Crippen LogP contribution in [0.2, 0.25) is 0 Å². The van der Waals surface area contributed by atoms with Crippen molar-refractivity contribution in [2.24, 2.45) is 0 Å². The van der Waals surface area contributed by atoms with Crippen molar-refractivity contribution in [3.63, 3.8) is 0 Å². The van der Waals surface area contributed by atoms with E-state index in [1.807, 2.05) is 0 Å². The van der Waals surface area contributed by atoms with Gasteiger partial charge in [-0.1, -0.05) is 0 Å². The number of hydrogen-bond acceptors (Lipinski definition) is 6. The average molecular weight is 287 g/mol.